The Labute approximate surface area is 192 Å². The molecule has 1 aromatic carbocycles. The number of rotatable bonds is 10. The van der Waals surface area contributed by atoms with E-state index in [2.05, 4.69) is 35.4 Å². The number of amides is 1. The molecule has 32 heavy (non-hydrogen) atoms. The zero-order valence-corrected chi connectivity index (χ0v) is 19.8. The number of hydrogen-bond acceptors (Lipinski definition) is 7. The first-order valence-electron chi connectivity index (χ1n) is 10.9. The Morgan fingerprint density at radius 3 is 2.50 bits per heavy atom. The van der Waals surface area contributed by atoms with Crippen LogP contribution >= 0.6 is 11.3 Å². The second-order valence-electron chi connectivity index (χ2n) is 8.52. The number of aliphatic hydroxyl groups is 2. The number of thiophene rings is 1. The van der Waals surface area contributed by atoms with E-state index in [4.69, 9.17) is 9.52 Å². The molecular formula is C24H31N3O4S. The minimum atomic E-state index is -0.672. The zero-order valence-electron chi connectivity index (χ0n) is 19.0. The molecule has 1 amide bonds. The Kier molecular flexibility index (Phi) is 8.17. The van der Waals surface area contributed by atoms with Gasteiger partial charge in [0.2, 0.25) is 11.8 Å². The van der Waals surface area contributed by atoms with Crippen molar-refractivity contribution in [3.8, 4) is 22.2 Å². The van der Waals surface area contributed by atoms with Crippen LogP contribution in [0.2, 0.25) is 0 Å². The van der Waals surface area contributed by atoms with Crippen molar-refractivity contribution < 1.29 is 19.4 Å². The molecule has 0 saturated carbocycles. The van der Waals surface area contributed by atoms with Gasteiger partial charge in [0.15, 0.2) is 0 Å². The Hall–Kier alpha value is -2.55. The molecule has 0 aliphatic rings. The summed E-state index contributed by atoms with van der Waals surface area (Å²) in [5.41, 5.74) is 4.19. The molecule has 2 heterocycles. The summed E-state index contributed by atoms with van der Waals surface area (Å²) in [5, 5.41) is 29.8. The maximum absolute atomic E-state index is 11.1. The number of carbonyl (C=O) groups is 1. The van der Waals surface area contributed by atoms with E-state index in [0.29, 0.717) is 30.5 Å². The number of nitrogens with zero attached hydrogens (tertiary/aromatic N) is 2. The van der Waals surface area contributed by atoms with Crippen LogP contribution < -0.4 is 5.32 Å². The molecule has 0 bridgehead atoms. The summed E-state index contributed by atoms with van der Waals surface area (Å²) in [5.74, 6) is 1.14. The fourth-order valence-corrected chi connectivity index (χ4v) is 4.80. The number of aliphatic hydroxyl groups excluding tert-OH is 2. The van der Waals surface area contributed by atoms with Crippen LogP contribution in [0.15, 0.2) is 28.7 Å². The quantitative estimate of drug-likeness (QED) is 0.429. The predicted octanol–water partition coefficient (Wildman–Crippen LogP) is 3.68. The van der Waals surface area contributed by atoms with Gasteiger partial charge < -0.3 is 19.9 Å². The van der Waals surface area contributed by atoms with Crippen LogP contribution in [0.3, 0.4) is 0 Å². The van der Waals surface area contributed by atoms with E-state index in [9.17, 15) is 9.90 Å². The summed E-state index contributed by atoms with van der Waals surface area (Å²) in [7, 11) is 0. The standard InChI is InChI=1S/C24H31N3O4S/c1-14(2)9-19-6-8-21(32-19)24-27-26-23(31-24)17-10-15(3)20(16(4)11-17)7-5-18(29)12-25-22(30)13-28/h6,8,10-11,14,18,28-29H,5,7,9,12-13H2,1-4H3,(H,25,30)/t18-/m1/s1. The minimum Gasteiger partial charge on any atom is -0.415 e. The molecule has 2 aromatic heterocycles. The normalized spacial score (nSPS) is 12.3. The molecule has 3 N–H and O–H groups in total. The molecule has 0 saturated heterocycles. The molecule has 0 spiro atoms. The van der Waals surface area contributed by atoms with Crippen molar-refractivity contribution in [1.82, 2.24) is 15.5 Å². The van der Waals surface area contributed by atoms with Gasteiger partial charge in [0.1, 0.15) is 6.61 Å². The maximum atomic E-state index is 11.1. The summed E-state index contributed by atoms with van der Waals surface area (Å²) in [4.78, 5) is 13.4. The number of aromatic nitrogens is 2. The molecule has 0 radical (unpaired) electrons. The maximum Gasteiger partial charge on any atom is 0.258 e. The largest absolute Gasteiger partial charge is 0.415 e. The van der Waals surface area contributed by atoms with Crippen LogP contribution in [0, 0.1) is 19.8 Å². The molecule has 7 nitrogen and oxygen atoms in total. The van der Waals surface area contributed by atoms with E-state index < -0.39 is 18.6 Å². The van der Waals surface area contributed by atoms with Gasteiger partial charge in [-0.05, 0) is 80.0 Å². The first kappa shape index (κ1) is 24.1. The van der Waals surface area contributed by atoms with Crippen molar-refractivity contribution >= 4 is 17.2 Å². The third-order valence-corrected chi connectivity index (χ3v) is 6.35. The van der Waals surface area contributed by atoms with E-state index in [-0.39, 0.29) is 6.54 Å². The fourth-order valence-electron chi connectivity index (χ4n) is 3.66. The Balaban J connectivity index is 1.68. The first-order valence-corrected chi connectivity index (χ1v) is 11.7. The van der Waals surface area contributed by atoms with Gasteiger partial charge in [-0.25, -0.2) is 0 Å². The van der Waals surface area contributed by atoms with E-state index in [1.54, 1.807) is 11.3 Å². The molecule has 1 atom stereocenters. The third-order valence-electron chi connectivity index (χ3n) is 5.26. The van der Waals surface area contributed by atoms with Gasteiger partial charge in [0.25, 0.3) is 5.89 Å². The Morgan fingerprint density at radius 2 is 1.84 bits per heavy atom. The van der Waals surface area contributed by atoms with Crippen LogP contribution in [0.4, 0.5) is 0 Å². The summed E-state index contributed by atoms with van der Waals surface area (Å²) in [6, 6.07) is 8.21. The Morgan fingerprint density at radius 1 is 1.16 bits per heavy atom. The molecule has 8 heteroatoms. The monoisotopic (exact) mass is 457 g/mol. The topological polar surface area (TPSA) is 108 Å². The zero-order chi connectivity index (χ0) is 23.3. The van der Waals surface area contributed by atoms with Crippen molar-refractivity contribution in [3.63, 3.8) is 0 Å². The number of hydrogen-bond donors (Lipinski definition) is 3. The average molecular weight is 458 g/mol. The van der Waals surface area contributed by atoms with Gasteiger partial charge >= 0.3 is 0 Å². The van der Waals surface area contributed by atoms with Crippen LogP contribution in [0.5, 0.6) is 0 Å². The van der Waals surface area contributed by atoms with E-state index in [1.165, 1.54) is 4.88 Å². The van der Waals surface area contributed by atoms with Gasteiger partial charge in [-0.1, -0.05) is 13.8 Å². The molecule has 0 unspecified atom stereocenters. The van der Waals surface area contributed by atoms with Gasteiger partial charge in [0.05, 0.1) is 11.0 Å². The van der Waals surface area contributed by atoms with Gasteiger partial charge in [0, 0.05) is 17.0 Å². The number of benzene rings is 1. The van der Waals surface area contributed by atoms with Crippen LogP contribution in [0.1, 0.15) is 41.8 Å². The lowest BCUT2D eigenvalue weighted by Gasteiger charge is -2.15. The second kappa shape index (κ2) is 10.8. The van der Waals surface area contributed by atoms with Crippen molar-refractivity contribution in [3.05, 3.63) is 45.8 Å². The average Bonchev–Trinajstić information content (AvgIpc) is 3.40. The smallest absolute Gasteiger partial charge is 0.258 e. The van der Waals surface area contributed by atoms with E-state index >= 15 is 0 Å². The highest BCUT2D eigenvalue weighted by molar-refractivity contribution is 7.15. The summed E-state index contributed by atoms with van der Waals surface area (Å²) < 4.78 is 5.97. The molecular weight excluding hydrogens is 426 g/mol. The number of carbonyl (C=O) groups excluding carboxylic acids is 1. The van der Waals surface area contributed by atoms with Gasteiger partial charge in [-0.15, -0.1) is 21.5 Å². The highest BCUT2D eigenvalue weighted by atomic mass is 32.1. The summed E-state index contributed by atoms with van der Waals surface area (Å²) in [6.07, 6.45) is 1.55. The summed E-state index contributed by atoms with van der Waals surface area (Å²) in [6.45, 7) is 8.01. The summed E-state index contributed by atoms with van der Waals surface area (Å²) >= 11 is 1.69. The predicted molar refractivity (Wildman–Crippen MR) is 125 cm³/mol. The lowest BCUT2D eigenvalue weighted by Crippen LogP contribution is -2.34. The molecule has 3 aromatic rings. The highest BCUT2D eigenvalue weighted by Gasteiger charge is 2.16. The van der Waals surface area contributed by atoms with Gasteiger partial charge in [-0.3, -0.25) is 4.79 Å². The SMILES string of the molecule is Cc1cc(-c2nnc(-c3ccc(CC(C)C)s3)o2)cc(C)c1CC[C@@H](O)CNC(=O)CO. The fraction of sp³-hybridized carbons (Fsp3) is 0.458. The van der Waals surface area contributed by atoms with Crippen molar-refractivity contribution in [2.45, 2.75) is 53.1 Å². The number of nitrogens with one attached hydrogen (secondary N) is 1. The second-order valence-corrected chi connectivity index (χ2v) is 9.69. The van der Waals surface area contributed by atoms with E-state index in [0.717, 1.165) is 33.6 Å². The van der Waals surface area contributed by atoms with Crippen LogP contribution in [0.25, 0.3) is 22.2 Å². The Bertz CT molecular complexity index is 1030. The molecule has 0 fully saturated rings. The lowest BCUT2D eigenvalue weighted by atomic mass is 9.94. The molecule has 0 aliphatic heterocycles. The third kappa shape index (κ3) is 6.25. The molecule has 0 aliphatic carbocycles. The van der Waals surface area contributed by atoms with E-state index in [1.807, 2.05) is 32.0 Å². The minimum absolute atomic E-state index is 0.127. The molecule has 3 rings (SSSR count). The van der Waals surface area contributed by atoms with Crippen LogP contribution in [-0.4, -0.2) is 45.6 Å². The highest BCUT2D eigenvalue weighted by Crippen LogP contribution is 2.32. The van der Waals surface area contributed by atoms with Gasteiger partial charge in [-0.2, -0.15) is 0 Å². The number of aryl methyl sites for hydroxylation is 2. The van der Waals surface area contributed by atoms with Crippen molar-refractivity contribution in [1.29, 1.82) is 0 Å². The van der Waals surface area contributed by atoms with Crippen molar-refractivity contribution in [2.75, 3.05) is 13.2 Å². The lowest BCUT2D eigenvalue weighted by molar-refractivity contribution is -0.124. The van der Waals surface area contributed by atoms with Crippen molar-refractivity contribution in [2.24, 2.45) is 5.92 Å². The first-order chi connectivity index (χ1) is 15.3. The van der Waals surface area contributed by atoms with Crippen LogP contribution in [-0.2, 0) is 17.6 Å². The molecule has 172 valence electrons.